The number of hydrogen-bond acceptors (Lipinski definition) is 6. The van der Waals surface area contributed by atoms with Crippen molar-refractivity contribution in [3.63, 3.8) is 0 Å². The summed E-state index contributed by atoms with van der Waals surface area (Å²) in [5, 5.41) is 3.07. The lowest BCUT2D eigenvalue weighted by molar-refractivity contribution is -0.141. The van der Waals surface area contributed by atoms with Crippen molar-refractivity contribution in [2.45, 2.75) is 58.2 Å². The van der Waals surface area contributed by atoms with E-state index in [0.29, 0.717) is 36.8 Å². The number of sulfonamides is 1. The van der Waals surface area contributed by atoms with Crippen LogP contribution in [-0.2, 0) is 32.6 Å². The first kappa shape index (κ1) is 33.3. The molecule has 9 nitrogen and oxygen atoms in total. The minimum Gasteiger partial charge on any atom is -0.486 e. The van der Waals surface area contributed by atoms with Gasteiger partial charge in [-0.1, -0.05) is 65.3 Å². The molecule has 2 atom stereocenters. The second kappa shape index (κ2) is 15.4. The number of amides is 2. The summed E-state index contributed by atoms with van der Waals surface area (Å²) in [4.78, 5) is 29.4. The quantitative estimate of drug-likeness (QED) is 0.246. The Morgan fingerprint density at radius 1 is 0.955 bits per heavy atom. The average Bonchev–Trinajstić information content (AvgIpc) is 3.00. The van der Waals surface area contributed by atoms with Gasteiger partial charge in [0.1, 0.15) is 19.3 Å². The van der Waals surface area contributed by atoms with Crippen LogP contribution < -0.4 is 19.1 Å². The smallest absolute Gasteiger partial charge is 0.243 e. The minimum absolute atomic E-state index is 0.0481. The number of rotatable bonds is 14. The van der Waals surface area contributed by atoms with Gasteiger partial charge < -0.3 is 19.7 Å². The summed E-state index contributed by atoms with van der Waals surface area (Å²) in [7, 11) is -3.66. The first-order valence-corrected chi connectivity index (χ1v) is 17.4. The fourth-order valence-electron chi connectivity index (χ4n) is 5.02. The molecule has 1 aliphatic heterocycles. The molecule has 11 heteroatoms. The predicted molar refractivity (Wildman–Crippen MR) is 175 cm³/mol. The molecule has 3 aromatic carbocycles. The summed E-state index contributed by atoms with van der Waals surface area (Å²) in [6.45, 7) is 5.05. The Morgan fingerprint density at radius 3 is 2.34 bits per heavy atom. The third kappa shape index (κ3) is 9.22. The Labute approximate surface area is 268 Å². The molecule has 2 amide bonds. The lowest BCUT2D eigenvalue weighted by Gasteiger charge is -2.33. The van der Waals surface area contributed by atoms with E-state index >= 15 is 0 Å². The van der Waals surface area contributed by atoms with Gasteiger partial charge in [-0.15, -0.1) is 0 Å². The Hall–Kier alpha value is -3.57. The number of benzene rings is 3. The normalized spacial score (nSPS) is 13.9. The number of ether oxygens (including phenoxy) is 2. The Morgan fingerprint density at radius 2 is 1.66 bits per heavy atom. The molecule has 3 aromatic rings. The lowest BCUT2D eigenvalue weighted by Crippen LogP contribution is -2.52. The van der Waals surface area contributed by atoms with Crippen LogP contribution in [0, 0.1) is 0 Å². The van der Waals surface area contributed by atoms with Gasteiger partial charge in [0.2, 0.25) is 21.8 Å². The summed E-state index contributed by atoms with van der Waals surface area (Å²) >= 11 is 3.51. The maximum atomic E-state index is 14.0. The first-order chi connectivity index (χ1) is 21.0. The highest BCUT2D eigenvalue weighted by Gasteiger charge is 2.31. The van der Waals surface area contributed by atoms with Crippen molar-refractivity contribution in [1.82, 2.24) is 10.2 Å². The van der Waals surface area contributed by atoms with Gasteiger partial charge >= 0.3 is 0 Å². The standard InChI is InChI=1S/C33H40BrN3O6S/c1-4-24(2)35-33(39)29(21-25-10-6-5-7-11-25)36(23-26-12-8-13-27(34)20-26)32(38)14-9-17-37(44(3,40)41)28-15-16-30-31(22-28)43-19-18-42-30/h5-8,10-13,15-16,20,22,24,29H,4,9,14,17-19,21,23H2,1-3H3,(H,35,39)/t24-,29+/m1/s1. The zero-order valence-corrected chi connectivity index (χ0v) is 27.8. The van der Waals surface area contributed by atoms with E-state index in [9.17, 15) is 18.0 Å². The number of halogens is 1. The Bertz CT molecular complexity index is 1540. The van der Waals surface area contributed by atoms with Crippen molar-refractivity contribution < 1.29 is 27.5 Å². The monoisotopic (exact) mass is 685 g/mol. The molecule has 44 heavy (non-hydrogen) atoms. The van der Waals surface area contributed by atoms with Gasteiger partial charge in [0.25, 0.3) is 0 Å². The largest absolute Gasteiger partial charge is 0.486 e. The maximum Gasteiger partial charge on any atom is 0.243 e. The van der Waals surface area contributed by atoms with Crippen LogP contribution in [0.3, 0.4) is 0 Å². The van der Waals surface area contributed by atoms with Crippen LogP contribution in [0.15, 0.2) is 77.3 Å². The van der Waals surface area contributed by atoms with E-state index in [-0.39, 0.29) is 43.8 Å². The Balaban J connectivity index is 1.58. The molecule has 1 N–H and O–H groups in total. The van der Waals surface area contributed by atoms with E-state index in [0.717, 1.165) is 28.3 Å². The highest BCUT2D eigenvalue weighted by molar-refractivity contribution is 9.10. The maximum absolute atomic E-state index is 14.0. The first-order valence-electron chi connectivity index (χ1n) is 14.8. The summed E-state index contributed by atoms with van der Waals surface area (Å²) in [5.41, 5.74) is 2.24. The lowest BCUT2D eigenvalue weighted by atomic mass is 10.0. The van der Waals surface area contributed by atoms with Crippen molar-refractivity contribution in [3.05, 3.63) is 88.4 Å². The topological polar surface area (TPSA) is 105 Å². The zero-order chi connectivity index (χ0) is 31.7. The number of carbonyl (C=O) groups is 2. The third-order valence-electron chi connectivity index (χ3n) is 7.48. The molecule has 1 aliphatic rings. The number of carbonyl (C=O) groups excluding carboxylic acids is 2. The van der Waals surface area contributed by atoms with Gasteiger partial charge in [0.15, 0.2) is 11.5 Å². The number of nitrogens with zero attached hydrogens (tertiary/aromatic N) is 2. The van der Waals surface area contributed by atoms with Crippen molar-refractivity contribution in [1.29, 1.82) is 0 Å². The second-order valence-electron chi connectivity index (χ2n) is 10.9. The predicted octanol–water partition coefficient (Wildman–Crippen LogP) is 5.32. The molecule has 236 valence electrons. The molecule has 0 saturated heterocycles. The zero-order valence-electron chi connectivity index (χ0n) is 25.4. The summed E-state index contributed by atoms with van der Waals surface area (Å²) in [6, 6.07) is 21.5. The highest BCUT2D eigenvalue weighted by atomic mass is 79.9. The SMILES string of the molecule is CC[C@@H](C)NC(=O)[C@H](Cc1ccccc1)N(Cc1cccc(Br)c1)C(=O)CCCN(c1ccc2c(c1)OCCO2)S(C)(=O)=O. The third-order valence-corrected chi connectivity index (χ3v) is 9.17. The van der Waals surface area contributed by atoms with Gasteiger partial charge in [0, 0.05) is 42.5 Å². The van der Waals surface area contributed by atoms with E-state index in [1.807, 2.05) is 68.4 Å². The number of nitrogens with one attached hydrogen (secondary N) is 1. The highest BCUT2D eigenvalue weighted by Crippen LogP contribution is 2.35. The molecule has 0 radical (unpaired) electrons. The molecular weight excluding hydrogens is 646 g/mol. The van der Waals surface area contributed by atoms with Crippen LogP contribution in [0.2, 0.25) is 0 Å². The van der Waals surface area contributed by atoms with Crippen LogP contribution in [0.5, 0.6) is 11.5 Å². The Kier molecular flexibility index (Phi) is 11.7. The number of anilines is 1. The fourth-order valence-corrected chi connectivity index (χ4v) is 6.42. The van der Waals surface area contributed by atoms with E-state index in [1.54, 1.807) is 23.1 Å². The van der Waals surface area contributed by atoms with Crippen molar-refractivity contribution in [2.75, 3.05) is 30.3 Å². The van der Waals surface area contributed by atoms with Gasteiger partial charge in [-0.25, -0.2) is 8.42 Å². The van der Waals surface area contributed by atoms with Crippen LogP contribution in [0.4, 0.5) is 5.69 Å². The fraction of sp³-hybridized carbons (Fsp3) is 0.394. The van der Waals surface area contributed by atoms with Crippen LogP contribution in [-0.4, -0.2) is 63.2 Å². The number of hydrogen-bond donors (Lipinski definition) is 1. The molecule has 0 fully saturated rings. The molecule has 0 aliphatic carbocycles. The molecular formula is C33H40BrN3O6S. The second-order valence-corrected chi connectivity index (χ2v) is 13.8. The van der Waals surface area contributed by atoms with Gasteiger partial charge in [0.05, 0.1) is 11.9 Å². The summed E-state index contributed by atoms with van der Waals surface area (Å²) < 4.78 is 39.0. The van der Waals surface area contributed by atoms with Crippen molar-refractivity contribution >= 4 is 43.5 Å². The summed E-state index contributed by atoms with van der Waals surface area (Å²) in [5.74, 6) is 0.586. The molecule has 4 rings (SSSR count). The van der Waals surface area contributed by atoms with E-state index < -0.39 is 16.1 Å². The molecule has 0 bridgehead atoms. The van der Waals surface area contributed by atoms with Gasteiger partial charge in [-0.05, 0) is 55.2 Å². The van der Waals surface area contributed by atoms with E-state index in [4.69, 9.17) is 9.47 Å². The van der Waals surface area contributed by atoms with Gasteiger partial charge in [-0.2, -0.15) is 0 Å². The van der Waals surface area contributed by atoms with Crippen LogP contribution >= 0.6 is 15.9 Å². The molecule has 0 saturated carbocycles. The molecule has 1 heterocycles. The molecule has 0 spiro atoms. The number of fused-ring (bicyclic) bond motifs is 1. The van der Waals surface area contributed by atoms with Crippen molar-refractivity contribution in [2.24, 2.45) is 0 Å². The molecule has 0 unspecified atom stereocenters. The minimum atomic E-state index is -3.66. The van der Waals surface area contributed by atoms with E-state index in [1.165, 1.54) is 4.31 Å². The van der Waals surface area contributed by atoms with Crippen LogP contribution in [0.1, 0.15) is 44.2 Å². The van der Waals surface area contributed by atoms with Gasteiger partial charge in [-0.3, -0.25) is 13.9 Å². The summed E-state index contributed by atoms with van der Waals surface area (Å²) in [6.07, 6.45) is 2.53. The van der Waals surface area contributed by atoms with Crippen LogP contribution in [0.25, 0.3) is 0 Å². The average molecular weight is 687 g/mol. The molecule has 0 aromatic heterocycles. The van der Waals surface area contributed by atoms with Crippen molar-refractivity contribution in [3.8, 4) is 11.5 Å². The van der Waals surface area contributed by atoms with E-state index in [2.05, 4.69) is 21.2 Å².